The maximum Gasteiger partial charge on any atom is 0.310 e. The van der Waals surface area contributed by atoms with Crippen LogP contribution in [0.2, 0.25) is 0 Å². The van der Waals surface area contributed by atoms with Crippen LogP contribution in [-0.4, -0.2) is 22.9 Å². The molecular weight excluding hydrogens is 262 g/mol. The van der Waals surface area contributed by atoms with Crippen LogP contribution in [0, 0.1) is 0 Å². The van der Waals surface area contributed by atoms with Crippen LogP contribution in [0.5, 0.6) is 0 Å². The molecule has 102 valence electrons. The molecule has 0 unspecified atom stereocenters. The van der Waals surface area contributed by atoms with Gasteiger partial charge in [0.15, 0.2) is 0 Å². The SMILES string of the molecule is CCn1cc(NCc2ccc(CC(=O)OC)s2)cn1. The monoisotopic (exact) mass is 279 g/mol. The first-order chi connectivity index (χ1) is 9.21. The normalized spacial score (nSPS) is 10.4. The summed E-state index contributed by atoms with van der Waals surface area (Å²) in [5, 5.41) is 7.51. The van der Waals surface area contributed by atoms with Crippen LogP contribution in [0.15, 0.2) is 24.5 Å². The largest absolute Gasteiger partial charge is 0.469 e. The van der Waals surface area contributed by atoms with Crippen molar-refractivity contribution in [2.24, 2.45) is 0 Å². The lowest BCUT2D eigenvalue weighted by molar-refractivity contribution is -0.139. The van der Waals surface area contributed by atoms with Gasteiger partial charge < -0.3 is 10.1 Å². The van der Waals surface area contributed by atoms with E-state index in [1.165, 1.54) is 12.0 Å². The van der Waals surface area contributed by atoms with Gasteiger partial charge in [-0.15, -0.1) is 11.3 Å². The van der Waals surface area contributed by atoms with E-state index < -0.39 is 0 Å². The number of esters is 1. The summed E-state index contributed by atoms with van der Waals surface area (Å²) in [7, 11) is 1.41. The van der Waals surface area contributed by atoms with Crippen molar-refractivity contribution >= 4 is 23.0 Å². The fourth-order valence-electron chi connectivity index (χ4n) is 1.64. The second kappa shape index (κ2) is 6.38. The van der Waals surface area contributed by atoms with Crippen LogP contribution >= 0.6 is 11.3 Å². The number of carbonyl (C=O) groups is 1. The summed E-state index contributed by atoms with van der Waals surface area (Å²) in [6.45, 7) is 3.65. The third-order valence-corrected chi connectivity index (χ3v) is 3.77. The Labute approximate surface area is 116 Å². The van der Waals surface area contributed by atoms with E-state index in [-0.39, 0.29) is 5.97 Å². The highest BCUT2D eigenvalue weighted by atomic mass is 32.1. The quantitative estimate of drug-likeness (QED) is 0.824. The van der Waals surface area contributed by atoms with E-state index in [4.69, 9.17) is 0 Å². The van der Waals surface area contributed by atoms with Crippen molar-refractivity contribution in [3.05, 3.63) is 34.3 Å². The average molecular weight is 279 g/mol. The minimum atomic E-state index is -0.203. The highest BCUT2D eigenvalue weighted by Gasteiger charge is 2.06. The molecule has 5 nitrogen and oxygen atoms in total. The van der Waals surface area contributed by atoms with Crippen molar-refractivity contribution in [3.63, 3.8) is 0 Å². The Bertz CT molecular complexity index is 548. The van der Waals surface area contributed by atoms with Gasteiger partial charge in [0.1, 0.15) is 0 Å². The van der Waals surface area contributed by atoms with Crippen molar-refractivity contribution in [2.45, 2.75) is 26.4 Å². The zero-order valence-electron chi connectivity index (χ0n) is 11.0. The maximum atomic E-state index is 11.2. The molecule has 0 saturated heterocycles. The number of carbonyl (C=O) groups excluding carboxylic acids is 1. The van der Waals surface area contributed by atoms with Gasteiger partial charge in [-0.3, -0.25) is 9.48 Å². The van der Waals surface area contributed by atoms with Crippen LogP contribution in [0.3, 0.4) is 0 Å². The molecule has 0 amide bonds. The zero-order chi connectivity index (χ0) is 13.7. The van der Waals surface area contributed by atoms with Crippen molar-refractivity contribution in [2.75, 3.05) is 12.4 Å². The summed E-state index contributed by atoms with van der Waals surface area (Å²) in [6, 6.07) is 3.99. The molecule has 2 rings (SSSR count). The van der Waals surface area contributed by atoms with Crippen LogP contribution < -0.4 is 5.32 Å². The van der Waals surface area contributed by atoms with Gasteiger partial charge in [0.2, 0.25) is 0 Å². The average Bonchev–Trinajstić information content (AvgIpc) is 3.05. The first kappa shape index (κ1) is 13.6. The number of ether oxygens (including phenoxy) is 1. The first-order valence-corrected chi connectivity index (χ1v) is 6.93. The minimum Gasteiger partial charge on any atom is -0.469 e. The zero-order valence-corrected chi connectivity index (χ0v) is 11.9. The summed E-state index contributed by atoms with van der Waals surface area (Å²) in [6.07, 6.45) is 4.13. The summed E-state index contributed by atoms with van der Waals surface area (Å²) in [5.74, 6) is -0.203. The smallest absolute Gasteiger partial charge is 0.310 e. The molecule has 0 atom stereocenters. The summed E-state index contributed by atoms with van der Waals surface area (Å²) >= 11 is 1.62. The van der Waals surface area contributed by atoms with Crippen molar-refractivity contribution < 1.29 is 9.53 Å². The Morgan fingerprint density at radius 1 is 1.47 bits per heavy atom. The molecule has 0 aliphatic carbocycles. The van der Waals surface area contributed by atoms with Gasteiger partial charge in [-0.2, -0.15) is 5.10 Å². The molecule has 19 heavy (non-hydrogen) atoms. The van der Waals surface area contributed by atoms with Crippen LogP contribution in [0.25, 0.3) is 0 Å². The number of nitrogens with zero attached hydrogens (tertiary/aromatic N) is 2. The molecule has 0 aromatic carbocycles. The summed E-state index contributed by atoms with van der Waals surface area (Å²) in [5.41, 5.74) is 1.00. The molecule has 0 aliphatic rings. The number of nitrogens with one attached hydrogen (secondary N) is 1. The second-order valence-corrected chi connectivity index (χ2v) is 5.31. The van der Waals surface area contributed by atoms with E-state index in [2.05, 4.69) is 22.1 Å². The molecule has 0 fully saturated rings. The van der Waals surface area contributed by atoms with E-state index in [9.17, 15) is 4.79 Å². The molecule has 6 heteroatoms. The molecule has 0 aliphatic heterocycles. The fraction of sp³-hybridized carbons (Fsp3) is 0.385. The number of aryl methyl sites for hydroxylation is 1. The van der Waals surface area contributed by atoms with E-state index >= 15 is 0 Å². The van der Waals surface area contributed by atoms with E-state index in [0.29, 0.717) is 6.42 Å². The van der Waals surface area contributed by atoms with Gasteiger partial charge in [-0.05, 0) is 19.1 Å². The highest BCUT2D eigenvalue weighted by Crippen LogP contribution is 2.19. The lowest BCUT2D eigenvalue weighted by Crippen LogP contribution is -2.02. The lowest BCUT2D eigenvalue weighted by Gasteiger charge is -2.00. The number of anilines is 1. The van der Waals surface area contributed by atoms with E-state index in [1.807, 2.05) is 29.2 Å². The molecule has 0 bridgehead atoms. The van der Waals surface area contributed by atoms with Crippen molar-refractivity contribution in [1.82, 2.24) is 9.78 Å². The molecule has 0 saturated carbocycles. The predicted molar refractivity (Wildman–Crippen MR) is 75.3 cm³/mol. The summed E-state index contributed by atoms with van der Waals surface area (Å²) in [4.78, 5) is 13.4. The molecule has 1 N–H and O–H groups in total. The lowest BCUT2D eigenvalue weighted by atomic mass is 10.3. The maximum absolute atomic E-state index is 11.2. The number of methoxy groups -OCH3 is 1. The van der Waals surface area contributed by atoms with Gasteiger partial charge in [-0.25, -0.2) is 0 Å². The molecule has 2 aromatic rings. The number of hydrogen-bond acceptors (Lipinski definition) is 5. The number of thiophene rings is 1. The van der Waals surface area contributed by atoms with Crippen molar-refractivity contribution in [1.29, 1.82) is 0 Å². The minimum absolute atomic E-state index is 0.203. The van der Waals surface area contributed by atoms with Crippen LogP contribution in [0.1, 0.15) is 16.7 Å². The molecule has 0 radical (unpaired) electrons. The highest BCUT2D eigenvalue weighted by molar-refractivity contribution is 7.12. The third kappa shape index (κ3) is 3.82. The van der Waals surface area contributed by atoms with Gasteiger partial charge in [0.25, 0.3) is 0 Å². The van der Waals surface area contributed by atoms with Gasteiger partial charge >= 0.3 is 5.97 Å². The van der Waals surface area contributed by atoms with Crippen LogP contribution in [0.4, 0.5) is 5.69 Å². The Morgan fingerprint density at radius 2 is 2.26 bits per heavy atom. The predicted octanol–water partition coefficient (Wildman–Crippen LogP) is 2.29. The third-order valence-electron chi connectivity index (χ3n) is 2.69. The number of hydrogen-bond donors (Lipinski definition) is 1. The van der Waals surface area contributed by atoms with Crippen molar-refractivity contribution in [3.8, 4) is 0 Å². The van der Waals surface area contributed by atoms with Gasteiger partial charge in [0, 0.05) is 29.0 Å². The fourth-order valence-corrected chi connectivity index (χ4v) is 2.59. The Hall–Kier alpha value is -1.82. The van der Waals surface area contributed by atoms with E-state index in [0.717, 1.165) is 23.7 Å². The first-order valence-electron chi connectivity index (χ1n) is 6.12. The topological polar surface area (TPSA) is 56.2 Å². The van der Waals surface area contributed by atoms with Crippen LogP contribution in [-0.2, 0) is 29.0 Å². The molecule has 2 aromatic heterocycles. The molecule has 2 heterocycles. The Balaban J connectivity index is 1.87. The standard InChI is InChI=1S/C13H17N3O2S/c1-3-16-9-10(7-15-16)14-8-12-5-4-11(19-12)6-13(17)18-2/h4-5,7,9,14H,3,6,8H2,1-2H3. The number of rotatable bonds is 6. The molecular formula is C13H17N3O2S. The summed E-state index contributed by atoms with van der Waals surface area (Å²) < 4.78 is 6.52. The molecule has 0 spiro atoms. The van der Waals surface area contributed by atoms with Gasteiger partial charge in [-0.1, -0.05) is 0 Å². The van der Waals surface area contributed by atoms with Gasteiger partial charge in [0.05, 0.1) is 25.4 Å². The van der Waals surface area contributed by atoms with E-state index in [1.54, 1.807) is 11.3 Å². The number of aromatic nitrogens is 2. The Morgan fingerprint density at radius 3 is 2.95 bits per heavy atom. The second-order valence-electron chi connectivity index (χ2n) is 4.06. The Kier molecular flexibility index (Phi) is 4.57.